The van der Waals surface area contributed by atoms with Gasteiger partial charge in [0, 0.05) is 30.3 Å². The normalized spacial score (nSPS) is 16.2. The van der Waals surface area contributed by atoms with Crippen LogP contribution in [0.15, 0.2) is 29.3 Å². The maximum absolute atomic E-state index is 9.99. The predicted molar refractivity (Wildman–Crippen MR) is 115 cm³/mol. The van der Waals surface area contributed by atoms with Crippen molar-refractivity contribution >= 4 is 17.6 Å². The Morgan fingerprint density at radius 2 is 1.87 bits per heavy atom. The Balaban J connectivity index is 1.77. The summed E-state index contributed by atoms with van der Waals surface area (Å²) in [5.74, 6) is 2.29. The number of anilines is 1. The van der Waals surface area contributed by atoms with Gasteiger partial charge in [-0.3, -0.25) is 0 Å². The van der Waals surface area contributed by atoms with Crippen LogP contribution < -0.4 is 9.64 Å². The number of nitrogens with zero attached hydrogens (tertiary/aromatic N) is 4. The number of aromatic nitrogens is 1. The van der Waals surface area contributed by atoms with E-state index in [9.17, 15) is 15.6 Å². The minimum absolute atomic E-state index is 0.0824. The quantitative estimate of drug-likeness (QED) is 0.594. The Morgan fingerprint density at radius 3 is 2.42 bits per heavy atom. The van der Waals surface area contributed by atoms with Crippen molar-refractivity contribution in [3.8, 4) is 29.0 Å². The number of benzene rings is 1. The van der Waals surface area contributed by atoms with E-state index in [1.807, 2.05) is 4.90 Å². The number of hydrogen-bond donors (Lipinski definition) is 2. The monoisotopic (exact) mass is 438 g/mol. The molecule has 0 aliphatic carbocycles. The molecule has 2 aliphatic heterocycles. The Morgan fingerprint density at radius 1 is 1.16 bits per heavy atom. The standard InChI is InChI=1S/C22H22N4O4S/c23-7-18-20(15-1-3-17(4-2-15)30-6-5-27)19(8-24)22(31-13-14-11-29-12-14)25-21(18)26-9-16(28)10-26/h1-4,14,16,27-28H,5-6,9-13H2. The number of aliphatic hydroxyl groups is 2. The molecule has 0 unspecified atom stereocenters. The van der Waals surface area contributed by atoms with Gasteiger partial charge < -0.3 is 24.6 Å². The van der Waals surface area contributed by atoms with Crippen LogP contribution in [0, 0.1) is 28.6 Å². The molecule has 0 radical (unpaired) electrons. The molecule has 2 saturated heterocycles. The molecule has 4 rings (SSSR count). The van der Waals surface area contributed by atoms with Gasteiger partial charge in [0.2, 0.25) is 0 Å². The zero-order chi connectivity index (χ0) is 21.8. The highest BCUT2D eigenvalue weighted by Crippen LogP contribution is 2.40. The summed E-state index contributed by atoms with van der Waals surface area (Å²) in [6.45, 7) is 2.33. The van der Waals surface area contributed by atoms with Gasteiger partial charge in [0.05, 0.1) is 31.5 Å². The predicted octanol–water partition coefficient (Wildman–Crippen LogP) is 1.78. The number of nitriles is 2. The van der Waals surface area contributed by atoms with Crippen LogP contribution in [-0.2, 0) is 4.74 Å². The lowest BCUT2D eigenvalue weighted by atomic mass is 9.95. The van der Waals surface area contributed by atoms with E-state index in [0.29, 0.717) is 71.1 Å². The maximum Gasteiger partial charge on any atom is 0.148 e. The molecule has 3 heterocycles. The largest absolute Gasteiger partial charge is 0.491 e. The van der Waals surface area contributed by atoms with E-state index in [4.69, 9.17) is 14.6 Å². The van der Waals surface area contributed by atoms with Crippen LogP contribution in [-0.4, -0.2) is 66.6 Å². The molecule has 160 valence electrons. The summed E-state index contributed by atoms with van der Waals surface area (Å²) in [7, 11) is 0. The van der Waals surface area contributed by atoms with E-state index in [2.05, 4.69) is 17.1 Å². The lowest BCUT2D eigenvalue weighted by Gasteiger charge is -2.38. The molecular formula is C22H22N4O4S. The molecule has 8 nitrogen and oxygen atoms in total. The Kier molecular flexibility index (Phi) is 6.59. The lowest BCUT2D eigenvalue weighted by Crippen LogP contribution is -2.51. The highest BCUT2D eigenvalue weighted by atomic mass is 32.2. The molecule has 2 fully saturated rings. The molecule has 2 N–H and O–H groups in total. The molecule has 9 heteroatoms. The second kappa shape index (κ2) is 9.54. The van der Waals surface area contributed by atoms with Gasteiger partial charge in [-0.25, -0.2) is 4.98 Å². The Bertz CT molecular complexity index is 1020. The third-order valence-corrected chi connectivity index (χ3v) is 6.40. The average molecular weight is 439 g/mol. The van der Waals surface area contributed by atoms with Gasteiger partial charge in [-0.15, -0.1) is 11.8 Å². The second-order valence-corrected chi connectivity index (χ2v) is 8.47. The van der Waals surface area contributed by atoms with Crippen molar-refractivity contribution in [2.75, 3.05) is 50.2 Å². The van der Waals surface area contributed by atoms with E-state index < -0.39 is 6.10 Å². The van der Waals surface area contributed by atoms with Crippen molar-refractivity contribution in [2.24, 2.45) is 5.92 Å². The van der Waals surface area contributed by atoms with Crippen LogP contribution in [0.1, 0.15) is 11.1 Å². The number of rotatable bonds is 8. The minimum Gasteiger partial charge on any atom is -0.491 e. The van der Waals surface area contributed by atoms with E-state index in [-0.39, 0.29) is 13.2 Å². The molecule has 0 atom stereocenters. The minimum atomic E-state index is -0.446. The molecule has 2 aromatic rings. The fourth-order valence-corrected chi connectivity index (χ4v) is 4.50. The van der Waals surface area contributed by atoms with Gasteiger partial charge in [0.25, 0.3) is 0 Å². The van der Waals surface area contributed by atoms with Crippen molar-refractivity contribution in [1.82, 2.24) is 4.98 Å². The highest BCUT2D eigenvalue weighted by Gasteiger charge is 2.32. The van der Waals surface area contributed by atoms with Crippen molar-refractivity contribution in [3.05, 3.63) is 35.4 Å². The fourth-order valence-electron chi connectivity index (χ4n) is 3.47. The molecule has 2 aliphatic rings. The van der Waals surface area contributed by atoms with Crippen molar-refractivity contribution in [2.45, 2.75) is 11.1 Å². The average Bonchev–Trinajstić information content (AvgIpc) is 2.73. The van der Waals surface area contributed by atoms with Crippen molar-refractivity contribution < 1.29 is 19.7 Å². The second-order valence-electron chi connectivity index (χ2n) is 7.46. The first-order valence-corrected chi connectivity index (χ1v) is 11.0. The maximum atomic E-state index is 9.99. The Hall–Kier alpha value is -2.82. The van der Waals surface area contributed by atoms with E-state index in [1.165, 1.54) is 11.8 Å². The van der Waals surface area contributed by atoms with Crippen LogP contribution in [0.4, 0.5) is 5.82 Å². The highest BCUT2D eigenvalue weighted by molar-refractivity contribution is 7.99. The third-order valence-electron chi connectivity index (χ3n) is 5.20. The third kappa shape index (κ3) is 4.46. The number of pyridine rings is 1. The summed E-state index contributed by atoms with van der Waals surface area (Å²) in [6.07, 6.45) is -0.446. The van der Waals surface area contributed by atoms with Crippen LogP contribution >= 0.6 is 11.8 Å². The molecule has 31 heavy (non-hydrogen) atoms. The van der Waals surface area contributed by atoms with Gasteiger partial charge >= 0.3 is 0 Å². The first-order chi connectivity index (χ1) is 15.1. The first-order valence-electron chi connectivity index (χ1n) is 10.0. The fraction of sp³-hybridized carbons (Fsp3) is 0.409. The van der Waals surface area contributed by atoms with Crippen LogP contribution in [0.3, 0.4) is 0 Å². The van der Waals surface area contributed by atoms with Crippen LogP contribution in [0.25, 0.3) is 11.1 Å². The van der Waals surface area contributed by atoms with E-state index >= 15 is 0 Å². The molecular weight excluding hydrogens is 416 g/mol. The van der Waals surface area contributed by atoms with Gasteiger partial charge in [0.1, 0.15) is 40.9 Å². The molecule has 0 bridgehead atoms. The van der Waals surface area contributed by atoms with E-state index in [0.717, 1.165) is 5.75 Å². The summed E-state index contributed by atoms with van der Waals surface area (Å²) in [5.41, 5.74) is 1.94. The zero-order valence-corrected chi connectivity index (χ0v) is 17.6. The number of thioether (sulfide) groups is 1. The lowest BCUT2D eigenvalue weighted by molar-refractivity contribution is -0.0196. The molecule has 1 aromatic carbocycles. The van der Waals surface area contributed by atoms with Crippen molar-refractivity contribution in [3.63, 3.8) is 0 Å². The van der Waals surface area contributed by atoms with Gasteiger partial charge in [-0.05, 0) is 17.7 Å². The topological polar surface area (TPSA) is 123 Å². The number of hydrogen-bond acceptors (Lipinski definition) is 9. The van der Waals surface area contributed by atoms with E-state index in [1.54, 1.807) is 24.3 Å². The molecule has 1 aromatic heterocycles. The molecule has 0 saturated carbocycles. The first kappa shape index (κ1) is 21.4. The Labute approximate surface area is 184 Å². The van der Waals surface area contributed by atoms with Gasteiger partial charge in [-0.2, -0.15) is 10.5 Å². The molecule has 0 spiro atoms. The summed E-state index contributed by atoms with van der Waals surface area (Å²) < 4.78 is 10.7. The van der Waals surface area contributed by atoms with Crippen LogP contribution in [0.2, 0.25) is 0 Å². The number of aliphatic hydroxyl groups excluding tert-OH is 2. The zero-order valence-electron chi connectivity index (χ0n) is 16.8. The summed E-state index contributed by atoms with van der Waals surface area (Å²) in [6, 6.07) is 11.6. The van der Waals surface area contributed by atoms with Crippen molar-refractivity contribution in [1.29, 1.82) is 10.5 Å². The number of β-amino-alcohol motifs (C(OH)–C–C–N with tert-alkyl or cyclic N) is 1. The molecule has 0 amide bonds. The number of ether oxygens (including phenoxy) is 2. The smallest absolute Gasteiger partial charge is 0.148 e. The van der Waals surface area contributed by atoms with Crippen LogP contribution in [0.5, 0.6) is 5.75 Å². The summed E-state index contributed by atoms with van der Waals surface area (Å²) >= 11 is 1.50. The SMILES string of the molecule is N#Cc1c(SCC2COC2)nc(N2CC(O)C2)c(C#N)c1-c1ccc(OCCO)cc1. The van der Waals surface area contributed by atoms with Gasteiger partial charge in [0.15, 0.2) is 0 Å². The summed E-state index contributed by atoms with van der Waals surface area (Å²) in [4.78, 5) is 6.55. The summed E-state index contributed by atoms with van der Waals surface area (Å²) in [5, 5.41) is 39.2. The van der Waals surface area contributed by atoms with Gasteiger partial charge in [-0.1, -0.05) is 12.1 Å².